The fourth-order valence-electron chi connectivity index (χ4n) is 1.15. The van der Waals surface area contributed by atoms with Gasteiger partial charge >= 0.3 is 5.97 Å². The number of carboxylic acids is 1. The number of carbonyl (C=O) groups is 1. The molecule has 6 nitrogen and oxygen atoms in total. The average molecular weight is 285 g/mol. The van der Waals surface area contributed by atoms with Gasteiger partial charge in [0.1, 0.15) is 6.07 Å². The van der Waals surface area contributed by atoms with Crippen LogP contribution in [-0.2, 0) is 11.2 Å². The minimum Gasteiger partial charge on any atom is -0.481 e. The van der Waals surface area contributed by atoms with Crippen LogP contribution >= 0.6 is 15.9 Å². The molecule has 82 valence electrons. The summed E-state index contributed by atoms with van der Waals surface area (Å²) in [5.41, 5.74) is -0.0419. The number of aliphatic carboxylic acids is 1. The first-order valence-corrected chi connectivity index (χ1v) is 4.83. The third kappa shape index (κ3) is 2.55. The molecule has 0 saturated carbocycles. The molecule has 1 rings (SSSR count). The summed E-state index contributed by atoms with van der Waals surface area (Å²) in [6, 6.07) is 3.99. The van der Waals surface area contributed by atoms with Gasteiger partial charge in [-0.3, -0.25) is 14.9 Å². The lowest BCUT2D eigenvalue weighted by Crippen LogP contribution is -2.03. The highest BCUT2D eigenvalue weighted by Crippen LogP contribution is 2.27. The Kier molecular flexibility index (Phi) is 3.58. The number of halogens is 1. The summed E-state index contributed by atoms with van der Waals surface area (Å²) < 4.78 is 0.281. The summed E-state index contributed by atoms with van der Waals surface area (Å²) in [6.07, 6.45) is -0.378. The van der Waals surface area contributed by atoms with Crippen LogP contribution in [0.4, 0.5) is 5.69 Å². The first-order chi connectivity index (χ1) is 7.45. The Labute approximate surface area is 98.4 Å². The Morgan fingerprint density at radius 3 is 2.69 bits per heavy atom. The van der Waals surface area contributed by atoms with E-state index in [1.54, 1.807) is 6.07 Å². The molecule has 0 fully saturated rings. The Morgan fingerprint density at radius 1 is 1.62 bits per heavy atom. The SMILES string of the molecule is N#Cc1cc([N+](=O)[O-])cc(CC(=O)O)c1Br. The van der Waals surface area contributed by atoms with Gasteiger partial charge in [0.25, 0.3) is 5.69 Å². The number of nitro benzene ring substituents is 1. The van der Waals surface area contributed by atoms with E-state index in [-0.39, 0.29) is 27.7 Å². The van der Waals surface area contributed by atoms with E-state index in [0.717, 1.165) is 12.1 Å². The van der Waals surface area contributed by atoms with E-state index >= 15 is 0 Å². The summed E-state index contributed by atoms with van der Waals surface area (Å²) >= 11 is 3.04. The summed E-state index contributed by atoms with van der Waals surface area (Å²) in [5, 5.41) is 27.9. The highest BCUT2D eigenvalue weighted by molar-refractivity contribution is 9.10. The molecule has 7 heteroatoms. The van der Waals surface area contributed by atoms with Crippen LogP contribution in [0, 0.1) is 21.4 Å². The van der Waals surface area contributed by atoms with Crippen molar-refractivity contribution in [2.75, 3.05) is 0 Å². The van der Waals surface area contributed by atoms with Crippen LogP contribution < -0.4 is 0 Å². The highest BCUT2D eigenvalue weighted by Gasteiger charge is 2.16. The fourth-order valence-corrected chi connectivity index (χ4v) is 1.60. The fraction of sp³-hybridized carbons (Fsp3) is 0.111. The minimum absolute atomic E-state index is 0.0467. The molecule has 0 unspecified atom stereocenters. The third-order valence-corrected chi connectivity index (χ3v) is 2.74. The quantitative estimate of drug-likeness (QED) is 0.674. The van der Waals surface area contributed by atoms with Gasteiger partial charge in [-0.1, -0.05) is 0 Å². The van der Waals surface area contributed by atoms with E-state index in [1.807, 2.05) is 0 Å². The van der Waals surface area contributed by atoms with Crippen LogP contribution in [-0.4, -0.2) is 16.0 Å². The number of benzene rings is 1. The lowest BCUT2D eigenvalue weighted by atomic mass is 10.1. The monoisotopic (exact) mass is 284 g/mol. The predicted molar refractivity (Wildman–Crippen MR) is 56.9 cm³/mol. The van der Waals surface area contributed by atoms with Crippen LogP contribution in [0.1, 0.15) is 11.1 Å². The van der Waals surface area contributed by atoms with Crippen molar-refractivity contribution in [3.05, 3.63) is 37.8 Å². The van der Waals surface area contributed by atoms with Crippen LogP contribution in [0.3, 0.4) is 0 Å². The minimum atomic E-state index is -1.12. The second-order valence-corrected chi connectivity index (χ2v) is 3.70. The molecule has 0 aliphatic rings. The van der Waals surface area contributed by atoms with Gasteiger partial charge < -0.3 is 5.11 Å². The normalized spacial score (nSPS) is 9.50. The molecule has 1 N–H and O–H groups in total. The molecule has 16 heavy (non-hydrogen) atoms. The Hall–Kier alpha value is -1.94. The Morgan fingerprint density at radius 2 is 2.25 bits per heavy atom. The molecule has 0 aliphatic heterocycles. The van der Waals surface area contributed by atoms with Gasteiger partial charge in [-0.25, -0.2) is 0 Å². The van der Waals surface area contributed by atoms with Gasteiger partial charge in [0.15, 0.2) is 0 Å². The number of nitriles is 1. The predicted octanol–water partition coefficient (Wildman–Crippen LogP) is 1.86. The molecule has 0 radical (unpaired) electrons. The topological polar surface area (TPSA) is 104 Å². The van der Waals surface area contributed by atoms with Crippen molar-refractivity contribution in [3.8, 4) is 6.07 Å². The summed E-state index contributed by atoms with van der Waals surface area (Å²) in [4.78, 5) is 20.4. The summed E-state index contributed by atoms with van der Waals surface area (Å²) in [5.74, 6) is -1.12. The van der Waals surface area contributed by atoms with Crippen LogP contribution in [0.2, 0.25) is 0 Å². The van der Waals surface area contributed by atoms with E-state index in [2.05, 4.69) is 15.9 Å². The first-order valence-electron chi connectivity index (χ1n) is 4.04. The molecule has 0 aromatic heterocycles. The van der Waals surface area contributed by atoms with E-state index in [9.17, 15) is 14.9 Å². The highest BCUT2D eigenvalue weighted by atomic mass is 79.9. The maximum Gasteiger partial charge on any atom is 0.307 e. The second kappa shape index (κ2) is 4.72. The van der Waals surface area contributed by atoms with Gasteiger partial charge in [-0.15, -0.1) is 0 Å². The van der Waals surface area contributed by atoms with Crippen molar-refractivity contribution in [3.63, 3.8) is 0 Å². The van der Waals surface area contributed by atoms with Crippen molar-refractivity contribution >= 4 is 27.6 Å². The second-order valence-electron chi connectivity index (χ2n) is 2.91. The van der Waals surface area contributed by atoms with E-state index in [0.29, 0.717) is 0 Å². The van der Waals surface area contributed by atoms with Crippen molar-refractivity contribution in [1.29, 1.82) is 5.26 Å². The lowest BCUT2D eigenvalue weighted by molar-refractivity contribution is -0.384. The number of hydrogen-bond acceptors (Lipinski definition) is 4. The maximum atomic E-state index is 10.6. The standard InChI is InChI=1S/C9H5BrN2O4/c10-9-5(3-8(13)14)1-7(12(15)16)2-6(9)4-11/h1-2H,3H2,(H,13,14). The van der Waals surface area contributed by atoms with Crippen LogP contribution in [0.25, 0.3) is 0 Å². The van der Waals surface area contributed by atoms with Gasteiger partial charge in [0.05, 0.1) is 16.9 Å². The Balaban J connectivity index is 3.36. The molecule has 1 aromatic rings. The molecule has 0 atom stereocenters. The van der Waals surface area contributed by atoms with Crippen molar-refractivity contribution in [2.45, 2.75) is 6.42 Å². The molecule has 0 bridgehead atoms. The van der Waals surface area contributed by atoms with E-state index < -0.39 is 10.9 Å². The molecule has 0 amide bonds. The van der Waals surface area contributed by atoms with E-state index in [1.165, 1.54) is 0 Å². The van der Waals surface area contributed by atoms with Gasteiger partial charge in [0, 0.05) is 16.6 Å². The number of non-ortho nitro benzene ring substituents is 1. The maximum absolute atomic E-state index is 10.6. The smallest absolute Gasteiger partial charge is 0.307 e. The van der Waals surface area contributed by atoms with Crippen molar-refractivity contribution in [2.24, 2.45) is 0 Å². The van der Waals surface area contributed by atoms with E-state index in [4.69, 9.17) is 10.4 Å². The third-order valence-electron chi connectivity index (χ3n) is 1.81. The lowest BCUT2D eigenvalue weighted by Gasteiger charge is -2.03. The molecule has 0 spiro atoms. The molecule has 0 aliphatic carbocycles. The van der Waals surface area contributed by atoms with Crippen molar-refractivity contribution < 1.29 is 14.8 Å². The van der Waals surface area contributed by atoms with Gasteiger partial charge in [0.2, 0.25) is 0 Å². The number of rotatable bonds is 3. The number of nitro groups is 1. The summed E-state index contributed by atoms with van der Waals surface area (Å²) in [6.45, 7) is 0. The number of hydrogen-bond donors (Lipinski definition) is 1. The molecule has 1 aromatic carbocycles. The van der Waals surface area contributed by atoms with Crippen LogP contribution in [0.15, 0.2) is 16.6 Å². The van der Waals surface area contributed by atoms with Gasteiger partial charge in [-0.05, 0) is 21.5 Å². The Bertz CT molecular complexity index is 507. The number of nitrogens with zero attached hydrogens (tertiary/aromatic N) is 2. The van der Waals surface area contributed by atoms with Crippen molar-refractivity contribution in [1.82, 2.24) is 0 Å². The molecule has 0 saturated heterocycles. The molecular weight excluding hydrogens is 280 g/mol. The zero-order valence-corrected chi connectivity index (χ0v) is 9.39. The largest absolute Gasteiger partial charge is 0.481 e. The molecular formula is C9H5BrN2O4. The number of carboxylic acid groups (broad SMARTS) is 1. The summed E-state index contributed by atoms with van der Waals surface area (Å²) in [7, 11) is 0. The molecule has 0 heterocycles. The zero-order valence-electron chi connectivity index (χ0n) is 7.81. The first kappa shape index (κ1) is 12.1. The zero-order chi connectivity index (χ0) is 12.3. The average Bonchev–Trinajstić information content (AvgIpc) is 2.20. The van der Waals surface area contributed by atoms with Gasteiger partial charge in [-0.2, -0.15) is 5.26 Å². The van der Waals surface area contributed by atoms with Crippen LogP contribution in [0.5, 0.6) is 0 Å².